The number of hydrazine groups is 1. The second-order valence-electron chi connectivity index (χ2n) is 17.5. The number of benzene rings is 1. The third-order valence-corrected chi connectivity index (χ3v) is 14.0. The summed E-state index contributed by atoms with van der Waals surface area (Å²) < 4.78 is 27.9. The first-order valence-corrected chi connectivity index (χ1v) is 21.5. The van der Waals surface area contributed by atoms with Crippen LogP contribution >= 0.6 is 0 Å². The first-order chi connectivity index (χ1) is 26.4. The largest absolute Gasteiger partial charge is 0.336 e. The number of piperidine rings is 1. The summed E-state index contributed by atoms with van der Waals surface area (Å²) in [6, 6.07) is 8.94. The third kappa shape index (κ3) is 9.64. The van der Waals surface area contributed by atoms with Crippen molar-refractivity contribution < 1.29 is 27.6 Å². The Bertz CT molecular complexity index is 1800. The highest BCUT2D eigenvalue weighted by Crippen LogP contribution is 2.65. The van der Waals surface area contributed by atoms with Gasteiger partial charge in [0.1, 0.15) is 17.0 Å². The maximum Gasteiger partial charge on any atom is 0.336 e. The Labute approximate surface area is 332 Å². The zero-order valence-electron chi connectivity index (χ0n) is 34.2. The smallest absolute Gasteiger partial charge is 0.334 e. The molecule has 2 heterocycles. The molecule has 1 aromatic heterocycles. The Morgan fingerprint density at radius 1 is 0.982 bits per heavy atom. The molecule has 15 heteroatoms. The van der Waals surface area contributed by atoms with Crippen molar-refractivity contribution in [2.45, 2.75) is 116 Å². The van der Waals surface area contributed by atoms with Crippen LogP contribution in [0.3, 0.4) is 0 Å². The van der Waals surface area contributed by atoms with Crippen molar-refractivity contribution in [2.24, 2.45) is 28.6 Å². The molecule has 0 bridgehead atoms. The summed E-state index contributed by atoms with van der Waals surface area (Å²) in [5.41, 5.74) is 3.07. The predicted octanol–water partition coefficient (Wildman–Crippen LogP) is 5.06. The van der Waals surface area contributed by atoms with Crippen molar-refractivity contribution in [2.75, 3.05) is 26.7 Å². The molecule has 56 heavy (non-hydrogen) atoms. The van der Waals surface area contributed by atoms with Gasteiger partial charge in [0.25, 0.3) is 5.91 Å². The summed E-state index contributed by atoms with van der Waals surface area (Å²) in [4.78, 5) is 62.2. The van der Waals surface area contributed by atoms with Crippen LogP contribution in [-0.2, 0) is 19.6 Å². The van der Waals surface area contributed by atoms with E-state index in [2.05, 4.69) is 40.2 Å². The molecule has 5 rings (SSSR count). The van der Waals surface area contributed by atoms with Crippen LogP contribution in [0.4, 0.5) is 9.59 Å². The van der Waals surface area contributed by atoms with Gasteiger partial charge in [-0.1, -0.05) is 91.1 Å². The van der Waals surface area contributed by atoms with Gasteiger partial charge < -0.3 is 20.9 Å². The van der Waals surface area contributed by atoms with Gasteiger partial charge in [0.2, 0.25) is 15.9 Å². The zero-order valence-corrected chi connectivity index (χ0v) is 35.1. The second-order valence-corrected chi connectivity index (χ2v) is 19.5. The second kappa shape index (κ2) is 17.5. The molecule has 3 fully saturated rings. The standard InChI is InChI=1S/C41H62N8O6S/c1-9-23-49(39(53)43-27(2)28-17-12-10-13-18-28)46-36(50)35-33-31(41(33,6)7)25-48(35)37(51)34(29-19-14-11-15-20-29)45-38(52)44-32(40(3,4)5)26-47(8)56(54,55)30-21-16-22-42-24-30/h10,12-13,16-18,21-22,24,27,29,31-35H,9,11,14-15,19-20,23,25-26H2,1-8H3,(H,43,53)(H,46,50)(H2,44,45,52)/t27-,31+,32-,33+,34+,35+/m1/s1. The van der Waals surface area contributed by atoms with Crippen molar-refractivity contribution in [3.63, 3.8) is 0 Å². The molecule has 2 aromatic rings. The van der Waals surface area contributed by atoms with Gasteiger partial charge >= 0.3 is 12.1 Å². The van der Waals surface area contributed by atoms with Crippen LogP contribution in [0.1, 0.15) is 98.6 Å². The first kappa shape index (κ1) is 42.9. The Kier molecular flexibility index (Phi) is 13.4. The summed E-state index contributed by atoms with van der Waals surface area (Å²) in [6.45, 7) is 14.4. The number of likely N-dealkylation sites (tertiary alicyclic amines) is 1. The van der Waals surface area contributed by atoms with Gasteiger partial charge in [0, 0.05) is 45.1 Å². The molecule has 0 spiro atoms. The number of amides is 6. The van der Waals surface area contributed by atoms with E-state index in [1.54, 1.807) is 11.0 Å². The normalized spacial score (nSPS) is 22.3. The number of nitrogens with one attached hydrogen (secondary N) is 4. The highest BCUT2D eigenvalue weighted by Gasteiger charge is 2.70. The fourth-order valence-electron chi connectivity index (χ4n) is 8.47. The fourth-order valence-corrected chi connectivity index (χ4v) is 9.62. The van der Waals surface area contributed by atoms with Gasteiger partial charge in [-0.05, 0) is 72.5 Å². The third-order valence-electron chi connectivity index (χ3n) is 12.1. The maximum atomic E-state index is 14.8. The number of nitrogens with zero attached hydrogens (tertiary/aromatic N) is 4. The van der Waals surface area contributed by atoms with E-state index in [1.807, 2.05) is 65.0 Å². The monoisotopic (exact) mass is 794 g/mol. The lowest BCUT2D eigenvalue weighted by molar-refractivity contribution is -0.144. The minimum absolute atomic E-state index is 0.0189. The minimum Gasteiger partial charge on any atom is -0.334 e. The number of rotatable bonds is 13. The van der Waals surface area contributed by atoms with Crippen molar-refractivity contribution in [1.82, 2.24) is 40.6 Å². The number of aromatic nitrogens is 1. The molecule has 1 aromatic carbocycles. The SMILES string of the molecule is CCCN(NC(=O)[C@@H]1[C@@H]2[C@H](CN1C(=O)[C@@H](NC(=O)N[C@H](CN(C)S(=O)(=O)c1cccnc1)C(C)(C)C)C1CCCCC1)C2(C)C)C(=O)N[C@H](C)c1ccccc1. The fraction of sp³-hybridized carbons (Fsp3) is 0.634. The van der Waals surface area contributed by atoms with E-state index in [0.29, 0.717) is 13.0 Å². The zero-order chi connectivity index (χ0) is 41.0. The molecule has 4 N–H and O–H groups in total. The Hall–Kier alpha value is -4.24. The summed E-state index contributed by atoms with van der Waals surface area (Å²) in [5, 5.41) is 10.3. The van der Waals surface area contributed by atoms with E-state index in [9.17, 15) is 27.6 Å². The van der Waals surface area contributed by atoms with E-state index in [4.69, 9.17) is 0 Å². The molecule has 1 saturated heterocycles. The molecule has 0 unspecified atom stereocenters. The quantitative estimate of drug-likeness (QED) is 0.205. The molecule has 6 atom stereocenters. The lowest BCUT2D eigenvalue weighted by atomic mass is 9.83. The predicted molar refractivity (Wildman–Crippen MR) is 214 cm³/mol. The summed E-state index contributed by atoms with van der Waals surface area (Å²) in [5.74, 6) is -0.895. The highest BCUT2D eigenvalue weighted by atomic mass is 32.2. The molecular weight excluding hydrogens is 733 g/mol. The van der Waals surface area contributed by atoms with Gasteiger partial charge in [-0.2, -0.15) is 4.31 Å². The number of urea groups is 2. The highest BCUT2D eigenvalue weighted by molar-refractivity contribution is 7.89. The molecule has 2 saturated carbocycles. The molecule has 6 amide bonds. The van der Waals surface area contributed by atoms with Crippen LogP contribution in [0.15, 0.2) is 59.8 Å². The van der Waals surface area contributed by atoms with Gasteiger partial charge in [0.05, 0.1) is 6.04 Å². The van der Waals surface area contributed by atoms with Crippen molar-refractivity contribution >= 4 is 33.9 Å². The average molecular weight is 795 g/mol. The lowest BCUT2D eigenvalue weighted by Crippen LogP contribution is -2.62. The molecule has 14 nitrogen and oxygen atoms in total. The Morgan fingerprint density at radius 3 is 2.27 bits per heavy atom. The van der Waals surface area contributed by atoms with Crippen molar-refractivity contribution in [1.29, 1.82) is 0 Å². The summed E-state index contributed by atoms with van der Waals surface area (Å²) >= 11 is 0. The number of hydrogen-bond donors (Lipinski definition) is 4. The van der Waals surface area contributed by atoms with Gasteiger partial charge in [0.15, 0.2) is 0 Å². The van der Waals surface area contributed by atoms with E-state index < -0.39 is 51.5 Å². The van der Waals surface area contributed by atoms with Gasteiger partial charge in [-0.25, -0.2) is 23.0 Å². The molecule has 3 aliphatic rings. The minimum atomic E-state index is -3.88. The number of carbonyl (C=O) groups is 4. The molecule has 308 valence electrons. The van der Waals surface area contributed by atoms with Crippen LogP contribution in [0, 0.1) is 28.6 Å². The van der Waals surface area contributed by atoms with Crippen LogP contribution < -0.4 is 21.4 Å². The van der Waals surface area contributed by atoms with Gasteiger partial charge in [-0.15, -0.1) is 0 Å². The number of carbonyl (C=O) groups excluding carboxylic acids is 4. The van der Waals surface area contributed by atoms with Crippen LogP contribution in [-0.4, -0.2) is 96.3 Å². The number of sulfonamides is 1. The molecule has 2 aliphatic carbocycles. The van der Waals surface area contributed by atoms with Crippen LogP contribution in [0.5, 0.6) is 0 Å². The molecular formula is C41H62N8O6S. The average Bonchev–Trinajstić information content (AvgIpc) is 3.46. The summed E-state index contributed by atoms with van der Waals surface area (Å²) in [6.07, 6.45) is 7.77. The van der Waals surface area contributed by atoms with Crippen LogP contribution in [0.2, 0.25) is 0 Å². The number of likely N-dealkylation sites (N-methyl/N-ethyl adjacent to an activating group) is 1. The van der Waals surface area contributed by atoms with Crippen LogP contribution in [0.25, 0.3) is 0 Å². The molecule has 1 aliphatic heterocycles. The van der Waals surface area contributed by atoms with E-state index in [-0.39, 0.29) is 53.1 Å². The van der Waals surface area contributed by atoms with Gasteiger partial charge in [-0.3, -0.25) is 20.0 Å². The van der Waals surface area contributed by atoms with Crippen molar-refractivity contribution in [3.8, 4) is 0 Å². The van der Waals surface area contributed by atoms with E-state index in [1.165, 1.54) is 34.8 Å². The number of fused-ring (bicyclic) bond motifs is 1. The lowest BCUT2D eigenvalue weighted by Gasteiger charge is -2.38. The number of pyridine rings is 1. The Balaban J connectivity index is 1.33. The maximum absolute atomic E-state index is 14.8. The van der Waals surface area contributed by atoms with Crippen molar-refractivity contribution in [3.05, 3.63) is 60.4 Å². The Morgan fingerprint density at radius 2 is 1.66 bits per heavy atom. The first-order valence-electron chi connectivity index (χ1n) is 20.0. The summed E-state index contributed by atoms with van der Waals surface area (Å²) in [7, 11) is -2.42. The topological polar surface area (TPSA) is 173 Å². The molecule has 0 radical (unpaired) electrons. The number of hydrogen-bond acceptors (Lipinski definition) is 7. The van der Waals surface area contributed by atoms with E-state index >= 15 is 0 Å². The van der Waals surface area contributed by atoms with E-state index in [0.717, 1.165) is 37.7 Å².